The fourth-order valence-corrected chi connectivity index (χ4v) is 6.40. The molecule has 0 saturated carbocycles. The summed E-state index contributed by atoms with van der Waals surface area (Å²) < 4.78 is 4.22. The van der Waals surface area contributed by atoms with Gasteiger partial charge < -0.3 is 5.73 Å². The van der Waals surface area contributed by atoms with E-state index in [0.717, 1.165) is 22.3 Å². The van der Waals surface area contributed by atoms with E-state index in [1.54, 1.807) is 0 Å². The van der Waals surface area contributed by atoms with Crippen LogP contribution in [0.25, 0.3) is 33.5 Å². The van der Waals surface area contributed by atoms with E-state index >= 15 is 0 Å². The number of fused-ring (bicyclic) bond motifs is 4. The molecule has 1 aliphatic carbocycles. The highest BCUT2D eigenvalue weighted by atomic mass is 15.0. The van der Waals surface area contributed by atoms with Gasteiger partial charge in [-0.2, -0.15) is 0 Å². The molecule has 2 aliphatic rings. The molecule has 5 aromatic carbocycles. The van der Waals surface area contributed by atoms with Gasteiger partial charge in [0.25, 0.3) is 12.4 Å². The lowest BCUT2D eigenvalue weighted by Crippen LogP contribution is -2.31. The highest BCUT2D eigenvalue weighted by Gasteiger charge is 2.36. The minimum absolute atomic E-state index is 0.0721. The van der Waals surface area contributed by atoms with Crippen molar-refractivity contribution in [1.82, 2.24) is 9.98 Å². The Labute approximate surface area is 247 Å². The molecule has 3 N–H and O–H groups in total. The molecule has 2 unspecified atom stereocenters. The van der Waals surface area contributed by atoms with Crippen LogP contribution in [-0.2, 0) is 5.41 Å². The standard InChI is InChI=1S/C39H34N3/c1-39(2)34-14-8-13-28(37(34)33-23-30-11-6-7-12-31(30)24-35(33)39)19-20-36(42-38(40)29-9-4-3-5-10-29)27-17-15-26(16-18-27)32-21-22-41-25-32/h3-25,36,38,42H,40H2,1-2H3/q+1/b20-19+. The van der Waals surface area contributed by atoms with Crippen LogP contribution in [0.1, 0.15) is 59.4 Å². The summed E-state index contributed by atoms with van der Waals surface area (Å²) in [5.74, 6) is 0. The SMILES string of the molecule is CC1(C)c2cc3ccccc3cc2-c2c(/C=C/C(NC(N)c3ccccc3)c3ccc(C4=CC=[N+]=C4)cc3)cccc21. The van der Waals surface area contributed by atoms with Crippen molar-refractivity contribution in [2.45, 2.75) is 31.5 Å². The van der Waals surface area contributed by atoms with Crippen molar-refractivity contribution in [3.05, 3.63) is 155 Å². The Balaban J connectivity index is 1.28. The fraction of sp³-hybridized carbons (Fsp3) is 0.128. The largest absolute Gasteiger partial charge is 0.312 e. The molecule has 0 spiro atoms. The van der Waals surface area contributed by atoms with Gasteiger partial charge in [0.2, 0.25) is 0 Å². The second-order valence-electron chi connectivity index (χ2n) is 11.7. The molecular formula is C39H34N3+. The summed E-state index contributed by atoms with van der Waals surface area (Å²) in [6, 6.07) is 38.9. The van der Waals surface area contributed by atoms with Gasteiger partial charge in [-0.15, -0.1) is 4.67 Å². The molecule has 2 atom stereocenters. The van der Waals surface area contributed by atoms with Crippen molar-refractivity contribution in [3.63, 3.8) is 0 Å². The van der Waals surface area contributed by atoms with Crippen LogP contribution in [0.3, 0.4) is 0 Å². The lowest BCUT2D eigenvalue weighted by Gasteiger charge is -2.22. The van der Waals surface area contributed by atoms with Crippen molar-refractivity contribution in [2.75, 3.05) is 0 Å². The van der Waals surface area contributed by atoms with E-state index in [1.807, 2.05) is 36.7 Å². The van der Waals surface area contributed by atoms with E-state index in [1.165, 1.54) is 38.6 Å². The minimum atomic E-state index is -0.313. The molecule has 0 aromatic heterocycles. The molecule has 204 valence electrons. The first-order chi connectivity index (χ1) is 20.5. The Morgan fingerprint density at radius 2 is 1.50 bits per heavy atom. The van der Waals surface area contributed by atoms with Gasteiger partial charge in [0, 0.05) is 11.5 Å². The summed E-state index contributed by atoms with van der Waals surface area (Å²) in [5.41, 5.74) is 17.7. The third-order valence-corrected chi connectivity index (χ3v) is 8.74. The summed E-state index contributed by atoms with van der Waals surface area (Å²) in [4.78, 5) is 0. The van der Waals surface area contributed by atoms with Crippen LogP contribution in [-0.4, -0.2) is 12.4 Å². The molecular weight excluding hydrogens is 510 g/mol. The van der Waals surface area contributed by atoms with Gasteiger partial charge in [-0.1, -0.05) is 123 Å². The molecule has 3 heteroatoms. The maximum atomic E-state index is 6.70. The van der Waals surface area contributed by atoms with E-state index in [-0.39, 0.29) is 17.6 Å². The molecule has 42 heavy (non-hydrogen) atoms. The zero-order valence-electron chi connectivity index (χ0n) is 24.0. The zero-order valence-corrected chi connectivity index (χ0v) is 24.0. The quantitative estimate of drug-likeness (QED) is 0.163. The van der Waals surface area contributed by atoms with Crippen molar-refractivity contribution >= 4 is 34.9 Å². The Bertz CT molecular complexity index is 1920. The van der Waals surface area contributed by atoms with Gasteiger partial charge in [0.1, 0.15) is 0 Å². The van der Waals surface area contributed by atoms with Gasteiger partial charge >= 0.3 is 0 Å². The number of benzene rings is 5. The van der Waals surface area contributed by atoms with Crippen molar-refractivity contribution < 1.29 is 0 Å². The first-order valence-corrected chi connectivity index (χ1v) is 14.6. The predicted octanol–water partition coefficient (Wildman–Crippen LogP) is 7.75. The van der Waals surface area contributed by atoms with Crippen molar-refractivity contribution in [1.29, 1.82) is 0 Å². The van der Waals surface area contributed by atoms with E-state index in [0.29, 0.717) is 0 Å². The van der Waals surface area contributed by atoms with Crippen LogP contribution in [0.2, 0.25) is 0 Å². The number of nitrogens with one attached hydrogen (secondary N) is 1. The summed E-state index contributed by atoms with van der Waals surface area (Å²) in [7, 11) is 0. The van der Waals surface area contributed by atoms with Gasteiger partial charge in [-0.05, 0) is 67.4 Å². The summed E-state index contributed by atoms with van der Waals surface area (Å²) >= 11 is 0. The second-order valence-corrected chi connectivity index (χ2v) is 11.7. The first kappa shape index (κ1) is 26.1. The highest BCUT2D eigenvalue weighted by Crippen LogP contribution is 2.51. The molecule has 0 amide bonds. The Kier molecular flexibility index (Phi) is 6.57. The number of hydrogen-bond donors (Lipinski definition) is 2. The van der Waals surface area contributed by atoms with Crippen molar-refractivity contribution in [3.8, 4) is 11.1 Å². The number of nitrogens with two attached hydrogens (primary N) is 1. The fourth-order valence-electron chi connectivity index (χ4n) is 6.40. The number of rotatable bonds is 7. The second kappa shape index (κ2) is 10.6. The Hall–Kier alpha value is -4.79. The van der Waals surface area contributed by atoms with Gasteiger partial charge in [0.05, 0.1) is 17.8 Å². The van der Waals surface area contributed by atoms with Crippen LogP contribution in [0.15, 0.2) is 121 Å². The predicted molar refractivity (Wildman–Crippen MR) is 178 cm³/mol. The number of nitrogens with zero attached hydrogens (tertiary/aromatic N) is 1. The molecule has 0 radical (unpaired) electrons. The summed E-state index contributed by atoms with van der Waals surface area (Å²) in [6.45, 7) is 4.68. The van der Waals surface area contributed by atoms with E-state index < -0.39 is 0 Å². The van der Waals surface area contributed by atoms with Gasteiger partial charge in [-0.3, -0.25) is 5.32 Å². The topological polar surface area (TPSA) is 52.1 Å². The molecule has 0 fully saturated rings. The van der Waals surface area contributed by atoms with E-state index in [4.69, 9.17) is 5.73 Å². The van der Waals surface area contributed by atoms with Crippen LogP contribution in [0.5, 0.6) is 0 Å². The van der Waals surface area contributed by atoms with Crippen molar-refractivity contribution in [2.24, 2.45) is 5.73 Å². The molecule has 0 saturated heterocycles. The third-order valence-electron chi connectivity index (χ3n) is 8.74. The Morgan fingerprint density at radius 1 is 0.762 bits per heavy atom. The third kappa shape index (κ3) is 4.64. The normalized spacial score (nSPS) is 16.0. The number of hydrogen-bond acceptors (Lipinski definition) is 2. The maximum Gasteiger partial charge on any atom is 0.300 e. The number of allylic oxidation sites excluding steroid dienone is 2. The lowest BCUT2D eigenvalue weighted by atomic mass is 9.81. The highest BCUT2D eigenvalue weighted by molar-refractivity contribution is 6.17. The van der Waals surface area contributed by atoms with Crippen LogP contribution in [0.4, 0.5) is 0 Å². The first-order valence-electron chi connectivity index (χ1n) is 14.6. The average Bonchev–Trinajstić information content (AvgIpc) is 3.64. The lowest BCUT2D eigenvalue weighted by molar-refractivity contribution is 0.509. The molecule has 7 rings (SSSR count). The van der Waals surface area contributed by atoms with Crippen LogP contribution >= 0.6 is 0 Å². The molecule has 0 bridgehead atoms. The maximum absolute atomic E-state index is 6.70. The van der Waals surface area contributed by atoms with Crippen LogP contribution < -0.4 is 15.7 Å². The molecule has 3 nitrogen and oxygen atoms in total. The Morgan fingerprint density at radius 3 is 2.24 bits per heavy atom. The van der Waals surface area contributed by atoms with Crippen LogP contribution in [0, 0.1) is 0 Å². The average molecular weight is 545 g/mol. The van der Waals surface area contributed by atoms with E-state index in [9.17, 15) is 0 Å². The minimum Gasteiger partial charge on any atom is -0.312 e. The molecule has 1 aliphatic heterocycles. The zero-order chi connectivity index (χ0) is 28.7. The van der Waals surface area contributed by atoms with Gasteiger partial charge in [0.15, 0.2) is 0 Å². The smallest absolute Gasteiger partial charge is 0.300 e. The molecule has 1 heterocycles. The van der Waals surface area contributed by atoms with Gasteiger partial charge in [-0.25, -0.2) is 0 Å². The summed E-state index contributed by atoms with van der Waals surface area (Å²) in [5, 5.41) is 6.24. The monoisotopic (exact) mass is 544 g/mol. The molecule has 5 aromatic rings. The van der Waals surface area contributed by atoms with E-state index in [2.05, 4.69) is 127 Å². The summed E-state index contributed by atoms with van der Waals surface area (Å²) in [6.07, 6.45) is 9.97.